The third-order valence-corrected chi connectivity index (χ3v) is 1.67. The molecule has 0 saturated heterocycles. The lowest BCUT2D eigenvalue weighted by Gasteiger charge is -2.13. The highest BCUT2D eigenvalue weighted by molar-refractivity contribution is 6.30. The fourth-order valence-corrected chi connectivity index (χ4v) is 0.837. The molecule has 0 aliphatic rings. The zero-order valence-electron chi connectivity index (χ0n) is 7.91. The van der Waals surface area contributed by atoms with Gasteiger partial charge in [-0.25, -0.2) is 4.79 Å². The molecule has 0 aromatic heterocycles. The highest BCUT2D eigenvalue weighted by atomic mass is 35.5. The van der Waals surface area contributed by atoms with Crippen LogP contribution in [0.25, 0.3) is 0 Å². The number of alkyl halides is 1. The molecule has 6 heteroatoms. The van der Waals surface area contributed by atoms with Crippen molar-refractivity contribution >= 4 is 29.3 Å². The smallest absolute Gasteiger partial charge is 0.326 e. The minimum absolute atomic E-state index is 0.231. The van der Waals surface area contributed by atoms with E-state index in [1.54, 1.807) is 0 Å². The summed E-state index contributed by atoms with van der Waals surface area (Å²) in [6.45, 7) is 2.68. The molecule has 2 N–H and O–H groups in total. The van der Waals surface area contributed by atoms with Gasteiger partial charge >= 0.3 is 5.97 Å². The Hall–Kier alpha value is -1.10. The molecule has 0 bridgehead atoms. The number of hydrogen-bond donors (Lipinski definition) is 2. The summed E-state index contributed by atoms with van der Waals surface area (Å²) in [5.74, 6) is -2.15. The Morgan fingerprint density at radius 2 is 1.93 bits per heavy atom. The third kappa shape index (κ3) is 4.81. The Morgan fingerprint density at radius 3 is 2.21 bits per heavy atom. The fourth-order valence-electron chi connectivity index (χ4n) is 0.774. The zero-order chi connectivity index (χ0) is 11.3. The van der Waals surface area contributed by atoms with E-state index in [1.165, 1.54) is 13.8 Å². The van der Waals surface area contributed by atoms with Crippen molar-refractivity contribution in [3.63, 3.8) is 0 Å². The van der Waals surface area contributed by atoms with Crippen molar-refractivity contribution in [1.82, 2.24) is 5.32 Å². The van der Waals surface area contributed by atoms with Gasteiger partial charge in [-0.3, -0.25) is 9.59 Å². The maximum Gasteiger partial charge on any atom is 0.326 e. The molecule has 0 aromatic carbocycles. The molecule has 2 unspecified atom stereocenters. The summed E-state index contributed by atoms with van der Waals surface area (Å²) in [5.41, 5.74) is 0. The van der Waals surface area contributed by atoms with Gasteiger partial charge in [-0.1, -0.05) is 0 Å². The summed E-state index contributed by atoms with van der Waals surface area (Å²) in [4.78, 5) is 32.3. The Kier molecular flexibility index (Phi) is 5.15. The van der Waals surface area contributed by atoms with Gasteiger partial charge in [0.2, 0.25) is 5.91 Å². The maximum atomic E-state index is 11.0. The summed E-state index contributed by atoms with van der Waals surface area (Å²) in [7, 11) is 0. The van der Waals surface area contributed by atoms with E-state index >= 15 is 0 Å². The molecule has 2 atom stereocenters. The zero-order valence-corrected chi connectivity index (χ0v) is 8.67. The lowest BCUT2D eigenvalue weighted by atomic mass is 10.1. The minimum Gasteiger partial charge on any atom is -0.480 e. The lowest BCUT2D eigenvalue weighted by molar-refractivity contribution is -0.143. The Bertz CT molecular complexity index is 252. The SMILES string of the molecule is CC(=O)CC(NC(=O)C(C)Cl)C(=O)O. The Labute approximate surface area is 86.4 Å². The number of aliphatic carboxylic acids is 1. The molecule has 0 fully saturated rings. The van der Waals surface area contributed by atoms with Crippen molar-refractivity contribution < 1.29 is 19.5 Å². The van der Waals surface area contributed by atoms with Crippen LogP contribution in [-0.2, 0) is 14.4 Å². The number of carbonyl (C=O) groups excluding carboxylic acids is 2. The first-order valence-corrected chi connectivity index (χ1v) is 4.45. The first-order valence-electron chi connectivity index (χ1n) is 4.01. The molecular formula is C8H12ClNO4. The van der Waals surface area contributed by atoms with Crippen LogP contribution in [-0.4, -0.2) is 34.2 Å². The van der Waals surface area contributed by atoms with Gasteiger partial charge in [0.1, 0.15) is 17.2 Å². The number of Topliss-reactive ketones (excluding diaryl/α,β-unsaturated/α-hetero) is 1. The second-order valence-electron chi connectivity index (χ2n) is 2.92. The second-order valence-corrected chi connectivity index (χ2v) is 3.58. The number of amides is 1. The number of ketones is 1. The summed E-state index contributed by atoms with van der Waals surface area (Å²) in [6, 6.07) is -1.19. The lowest BCUT2D eigenvalue weighted by Crippen LogP contribution is -2.44. The number of carbonyl (C=O) groups is 3. The van der Waals surface area contributed by atoms with E-state index in [9.17, 15) is 14.4 Å². The largest absolute Gasteiger partial charge is 0.480 e. The van der Waals surface area contributed by atoms with E-state index in [-0.39, 0.29) is 12.2 Å². The van der Waals surface area contributed by atoms with Crippen LogP contribution in [0.4, 0.5) is 0 Å². The van der Waals surface area contributed by atoms with E-state index in [1.807, 2.05) is 0 Å². The van der Waals surface area contributed by atoms with E-state index in [4.69, 9.17) is 16.7 Å². The minimum atomic E-state index is -1.24. The number of nitrogens with one attached hydrogen (secondary N) is 1. The number of rotatable bonds is 5. The molecular weight excluding hydrogens is 210 g/mol. The first kappa shape index (κ1) is 12.9. The van der Waals surface area contributed by atoms with E-state index in [2.05, 4.69) is 5.32 Å². The molecule has 80 valence electrons. The molecule has 0 radical (unpaired) electrons. The van der Waals surface area contributed by atoms with Crippen molar-refractivity contribution in [2.45, 2.75) is 31.7 Å². The van der Waals surface area contributed by atoms with Crippen LogP contribution in [0, 0.1) is 0 Å². The van der Waals surface area contributed by atoms with Crippen LogP contribution >= 0.6 is 11.6 Å². The van der Waals surface area contributed by atoms with Gasteiger partial charge in [0, 0.05) is 6.42 Å². The second kappa shape index (κ2) is 5.59. The van der Waals surface area contributed by atoms with Gasteiger partial charge in [0.05, 0.1) is 0 Å². The number of halogens is 1. The summed E-state index contributed by atoms with van der Waals surface area (Å²) < 4.78 is 0. The van der Waals surface area contributed by atoms with Gasteiger partial charge in [-0.15, -0.1) is 11.6 Å². The summed E-state index contributed by atoms with van der Waals surface area (Å²) in [5, 5.41) is 9.98. The van der Waals surface area contributed by atoms with Crippen molar-refractivity contribution in [1.29, 1.82) is 0 Å². The fraction of sp³-hybridized carbons (Fsp3) is 0.625. The third-order valence-electron chi connectivity index (χ3n) is 1.47. The van der Waals surface area contributed by atoms with Gasteiger partial charge in [-0.2, -0.15) is 0 Å². The molecule has 0 aliphatic heterocycles. The molecule has 14 heavy (non-hydrogen) atoms. The molecule has 0 aromatic rings. The normalized spacial score (nSPS) is 14.2. The quantitative estimate of drug-likeness (QED) is 0.648. The van der Waals surface area contributed by atoms with Crippen LogP contribution in [0.2, 0.25) is 0 Å². The van der Waals surface area contributed by atoms with Crippen LogP contribution in [0.15, 0.2) is 0 Å². The Morgan fingerprint density at radius 1 is 1.43 bits per heavy atom. The van der Waals surface area contributed by atoms with Crippen molar-refractivity contribution in [2.75, 3.05) is 0 Å². The van der Waals surface area contributed by atoms with Crippen LogP contribution in [0.5, 0.6) is 0 Å². The molecule has 0 aliphatic carbocycles. The average molecular weight is 222 g/mol. The highest BCUT2D eigenvalue weighted by Gasteiger charge is 2.23. The van der Waals surface area contributed by atoms with Gasteiger partial charge in [0.25, 0.3) is 0 Å². The molecule has 0 saturated carbocycles. The maximum absolute atomic E-state index is 11.0. The number of carboxylic acids is 1. The van der Waals surface area contributed by atoms with Gasteiger partial charge < -0.3 is 10.4 Å². The van der Waals surface area contributed by atoms with Crippen LogP contribution in [0.1, 0.15) is 20.3 Å². The average Bonchev–Trinajstić information content (AvgIpc) is 2.01. The van der Waals surface area contributed by atoms with E-state index in [0.717, 1.165) is 0 Å². The van der Waals surface area contributed by atoms with E-state index < -0.39 is 23.3 Å². The van der Waals surface area contributed by atoms with Crippen molar-refractivity contribution in [3.8, 4) is 0 Å². The van der Waals surface area contributed by atoms with Crippen LogP contribution in [0.3, 0.4) is 0 Å². The monoisotopic (exact) mass is 221 g/mol. The van der Waals surface area contributed by atoms with Crippen LogP contribution < -0.4 is 5.32 Å². The molecule has 1 amide bonds. The highest BCUT2D eigenvalue weighted by Crippen LogP contribution is 1.98. The topological polar surface area (TPSA) is 83.5 Å². The molecule has 0 rings (SSSR count). The molecule has 0 spiro atoms. The summed E-state index contributed by atoms with van der Waals surface area (Å²) >= 11 is 5.42. The van der Waals surface area contributed by atoms with Crippen molar-refractivity contribution in [3.05, 3.63) is 0 Å². The van der Waals surface area contributed by atoms with Crippen molar-refractivity contribution in [2.24, 2.45) is 0 Å². The standard InChI is InChI=1S/C8H12ClNO4/c1-4(11)3-6(8(13)14)10-7(12)5(2)9/h5-6H,3H2,1-2H3,(H,10,12)(H,13,14). The van der Waals surface area contributed by atoms with E-state index in [0.29, 0.717) is 0 Å². The Balaban J connectivity index is 4.31. The predicted molar refractivity (Wildman–Crippen MR) is 50.2 cm³/mol. The predicted octanol–water partition coefficient (Wildman–Crippen LogP) is 0.162. The summed E-state index contributed by atoms with van der Waals surface area (Å²) in [6.07, 6.45) is -0.231. The number of carboxylic acid groups (broad SMARTS) is 1. The number of hydrogen-bond acceptors (Lipinski definition) is 3. The molecule has 5 nitrogen and oxygen atoms in total. The molecule has 0 heterocycles. The van der Waals surface area contributed by atoms with Gasteiger partial charge in [0.15, 0.2) is 0 Å². The van der Waals surface area contributed by atoms with Gasteiger partial charge in [-0.05, 0) is 13.8 Å². The first-order chi connectivity index (χ1) is 6.34.